The molecular formula is C20H22O4. The molecule has 0 aliphatic carbocycles. The number of hydrogen-bond acceptors (Lipinski definition) is 4. The second-order valence-corrected chi connectivity index (χ2v) is 5.10. The third-order valence-electron chi connectivity index (χ3n) is 3.79. The van der Waals surface area contributed by atoms with Gasteiger partial charge >= 0.3 is 5.63 Å². The number of allylic oxidation sites excluding steroid dienone is 1. The van der Waals surface area contributed by atoms with Gasteiger partial charge < -0.3 is 14.6 Å². The molecule has 0 fully saturated rings. The van der Waals surface area contributed by atoms with Gasteiger partial charge in [-0.3, -0.25) is 0 Å². The number of aromatic hydroxyl groups is 1. The lowest BCUT2D eigenvalue weighted by Crippen LogP contribution is -2.00. The molecule has 126 valence electrons. The van der Waals surface area contributed by atoms with Gasteiger partial charge in [0, 0.05) is 11.5 Å². The molecule has 4 heteroatoms. The first-order valence-corrected chi connectivity index (χ1v) is 8.14. The molecule has 1 aromatic heterocycles. The number of phenols is 1. The summed E-state index contributed by atoms with van der Waals surface area (Å²) in [5.74, 6) is 0.0609. The maximum Gasteiger partial charge on any atom is 0.344 e. The SMILES string of the molecule is CC.CC/C(=C\CO)c1ccc2c(c1)c(=O)oc1cc(O)ccc12. The number of rotatable bonds is 3. The van der Waals surface area contributed by atoms with Gasteiger partial charge in [0.1, 0.15) is 11.3 Å². The number of hydrogen-bond donors (Lipinski definition) is 2. The zero-order chi connectivity index (χ0) is 17.7. The third kappa shape index (κ3) is 3.34. The fourth-order valence-corrected chi connectivity index (χ4v) is 2.70. The summed E-state index contributed by atoms with van der Waals surface area (Å²) in [6, 6.07) is 10.3. The van der Waals surface area contributed by atoms with Crippen molar-refractivity contribution in [3.05, 3.63) is 58.5 Å². The van der Waals surface area contributed by atoms with E-state index in [-0.39, 0.29) is 12.4 Å². The van der Waals surface area contributed by atoms with E-state index in [9.17, 15) is 9.90 Å². The Morgan fingerprint density at radius 1 is 1.08 bits per heavy atom. The number of fused-ring (bicyclic) bond motifs is 3. The van der Waals surface area contributed by atoms with Gasteiger partial charge in [0.15, 0.2) is 0 Å². The number of benzene rings is 2. The van der Waals surface area contributed by atoms with Gasteiger partial charge in [-0.05, 0) is 41.1 Å². The molecule has 0 aliphatic heterocycles. The molecule has 24 heavy (non-hydrogen) atoms. The second-order valence-electron chi connectivity index (χ2n) is 5.10. The maximum atomic E-state index is 12.2. The Morgan fingerprint density at radius 2 is 1.79 bits per heavy atom. The molecule has 0 aliphatic rings. The van der Waals surface area contributed by atoms with Crippen molar-refractivity contribution in [1.82, 2.24) is 0 Å². The van der Waals surface area contributed by atoms with Crippen LogP contribution in [-0.4, -0.2) is 16.8 Å². The minimum absolute atomic E-state index is 0.0349. The average Bonchev–Trinajstić information content (AvgIpc) is 2.61. The van der Waals surface area contributed by atoms with Crippen molar-refractivity contribution in [1.29, 1.82) is 0 Å². The summed E-state index contributed by atoms with van der Waals surface area (Å²) in [6.45, 7) is 5.96. The third-order valence-corrected chi connectivity index (χ3v) is 3.79. The van der Waals surface area contributed by atoms with E-state index in [1.165, 1.54) is 6.07 Å². The molecule has 0 radical (unpaired) electrons. The van der Waals surface area contributed by atoms with Gasteiger partial charge in [-0.15, -0.1) is 0 Å². The molecule has 4 nitrogen and oxygen atoms in total. The van der Waals surface area contributed by atoms with E-state index in [4.69, 9.17) is 9.52 Å². The molecule has 0 atom stereocenters. The highest BCUT2D eigenvalue weighted by Gasteiger charge is 2.10. The van der Waals surface area contributed by atoms with E-state index in [1.807, 2.05) is 32.9 Å². The molecule has 3 aromatic rings. The summed E-state index contributed by atoms with van der Waals surface area (Å²) in [5.41, 5.74) is 1.81. The monoisotopic (exact) mass is 326 g/mol. The van der Waals surface area contributed by atoms with Crippen LogP contribution in [0.25, 0.3) is 27.3 Å². The van der Waals surface area contributed by atoms with Crippen LogP contribution in [0, 0.1) is 0 Å². The highest BCUT2D eigenvalue weighted by atomic mass is 16.4. The first-order chi connectivity index (χ1) is 11.6. The predicted molar refractivity (Wildman–Crippen MR) is 98.4 cm³/mol. The smallest absolute Gasteiger partial charge is 0.344 e. The summed E-state index contributed by atoms with van der Waals surface area (Å²) in [7, 11) is 0. The minimum Gasteiger partial charge on any atom is -0.508 e. The van der Waals surface area contributed by atoms with E-state index in [1.54, 1.807) is 24.3 Å². The molecule has 2 N–H and O–H groups in total. The Bertz CT molecular complexity index is 935. The zero-order valence-electron chi connectivity index (χ0n) is 14.2. The van der Waals surface area contributed by atoms with Crippen molar-refractivity contribution < 1.29 is 14.6 Å². The Hall–Kier alpha value is -2.59. The largest absolute Gasteiger partial charge is 0.508 e. The van der Waals surface area contributed by atoms with E-state index >= 15 is 0 Å². The lowest BCUT2D eigenvalue weighted by atomic mass is 9.99. The Labute approximate surface area is 140 Å². The molecule has 2 aromatic carbocycles. The van der Waals surface area contributed by atoms with Crippen LogP contribution in [0.15, 0.2) is 51.7 Å². The van der Waals surface area contributed by atoms with Crippen molar-refractivity contribution >= 4 is 27.3 Å². The summed E-state index contributed by atoms with van der Waals surface area (Å²) < 4.78 is 5.30. The zero-order valence-corrected chi connectivity index (χ0v) is 14.2. The fourth-order valence-electron chi connectivity index (χ4n) is 2.70. The van der Waals surface area contributed by atoms with E-state index < -0.39 is 5.63 Å². The number of phenolic OH excluding ortho intramolecular Hbond substituents is 1. The van der Waals surface area contributed by atoms with Crippen LogP contribution in [0.3, 0.4) is 0 Å². The van der Waals surface area contributed by atoms with Crippen molar-refractivity contribution in [2.45, 2.75) is 27.2 Å². The predicted octanol–water partition coefficient (Wildman–Crippen LogP) is 4.46. The van der Waals surface area contributed by atoms with Crippen LogP contribution < -0.4 is 5.63 Å². The molecule has 1 heterocycles. The van der Waals surface area contributed by atoms with E-state index in [2.05, 4.69) is 0 Å². The van der Waals surface area contributed by atoms with Gasteiger partial charge in [0.05, 0.1) is 12.0 Å². The Morgan fingerprint density at radius 3 is 2.46 bits per heavy atom. The Kier molecular flexibility index (Phi) is 5.77. The van der Waals surface area contributed by atoms with E-state index in [0.717, 1.165) is 28.3 Å². The van der Waals surface area contributed by atoms with Crippen molar-refractivity contribution in [2.75, 3.05) is 6.61 Å². The number of aliphatic hydroxyl groups excluding tert-OH is 1. The molecule has 3 rings (SSSR count). The first kappa shape index (κ1) is 17.8. The van der Waals surface area contributed by atoms with Crippen LogP contribution in [-0.2, 0) is 0 Å². The summed E-state index contributed by atoms with van der Waals surface area (Å²) in [4.78, 5) is 12.2. The van der Waals surface area contributed by atoms with Crippen LogP contribution in [0.2, 0.25) is 0 Å². The Balaban J connectivity index is 0.00000100. The normalized spacial score (nSPS) is 11.4. The fraction of sp³-hybridized carbons (Fsp3) is 0.250. The van der Waals surface area contributed by atoms with E-state index in [0.29, 0.717) is 11.0 Å². The summed E-state index contributed by atoms with van der Waals surface area (Å²) >= 11 is 0. The highest BCUT2D eigenvalue weighted by molar-refractivity contribution is 6.05. The van der Waals surface area contributed by atoms with Gasteiger partial charge in [0.2, 0.25) is 0 Å². The molecular weight excluding hydrogens is 304 g/mol. The summed E-state index contributed by atoms with van der Waals surface area (Å²) in [6.07, 6.45) is 2.50. The van der Waals surface area contributed by atoms with Gasteiger partial charge in [-0.1, -0.05) is 39.0 Å². The van der Waals surface area contributed by atoms with Crippen LogP contribution >= 0.6 is 0 Å². The number of aliphatic hydroxyl groups is 1. The topological polar surface area (TPSA) is 70.7 Å². The average molecular weight is 326 g/mol. The van der Waals surface area contributed by atoms with Crippen molar-refractivity contribution in [2.24, 2.45) is 0 Å². The molecule has 0 amide bonds. The quantitative estimate of drug-likeness (QED) is 0.550. The van der Waals surface area contributed by atoms with Crippen LogP contribution in [0.1, 0.15) is 32.8 Å². The maximum absolute atomic E-state index is 12.2. The molecule has 0 saturated carbocycles. The molecule has 0 unspecified atom stereocenters. The van der Waals surface area contributed by atoms with Gasteiger partial charge in [0.25, 0.3) is 0 Å². The molecule has 0 spiro atoms. The van der Waals surface area contributed by atoms with Crippen LogP contribution in [0.4, 0.5) is 0 Å². The van der Waals surface area contributed by atoms with Gasteiger partial charge in [-0.25, -0.2) is 4.79 Å². The highest BCUT2D eigenvalue weighted by Crippen LogP contribution is 2.28. The van der Waals surface area contributed by atoms with Crippen LogP contribution in [0.5, 0.6) is 5.75 Å². The van der Waals surface area contributed by atoms with Crippen molar-refractivity contribution in [3.63, 3.8) is 0 Å². The molecule has 0 bridgehead atoms. The standard InChI is InChI=1S/C18H16O4.C2H6/c1-2-11(7-8-19)12-3-5-14-15-6-4-13(20)10-17(15)22-18(21)16(14)9-12;1-2/h3-7,9-10,19-20H,2,8H2,1H3;1-2H3/b11-7+;. The van der Waals surface area contributed by atoms with Crippen molar-refractivity contribution in [3.8, 4) is 5.75 Å². The minimum atomic E-state index is -0.436. The lowest BCUT2D eigenvalue weighted by Gasteiger charge is -2.08. The first-order valence-electron chi connectivity index (χ1n) is 8.14. The summed E-state index contributed by atoms with van der Waals surface area (Å²) in [5, 5.41) is 20.7. The van der Waals surface area contributed by atoms with Gasteiger partial charge in [-0.2, -0.15) is 0 Å². The lowest BCUT2D eigenvalue weighted by molar-refractivity contribution is 0.343. The molecule has 0 saturated heterocycles. The second kappa shape index (κ2) is 7.79.